The number of carbonyl (C=O) groups excluding carboxylic acids is 1. The molecule has 1 amide bonds. The molecule has 0 fully saturated rings. The zero-order valence-electron chi connectivity index (χ0n) is 13.1. The van der Waals surface area contributed by atoms with Crippen LogP contribution < -0.4 is 11.1 Å². The van der Waals surface area contributed by atoms with Crippen LogP contribution in [0, 0.1) is 0 Å². The first-order valence-corrected chi connectivity index (χ1v) is 9.44. The minimum atomic E-state index is -3.51. The van der Waals surface area contributed by atoms with E-state index >= 15 is 0 Å². The van der Waals surface area contributed by atoms with Gasteiger partial charge in [-0.25, -0.2) is 8.42 Å². The van der Waals surface area contributed by atoms with Crippen molar-refractivity contribution in [2.75, 3.05) is 31.4 Å². The van der Waals surface area contributed by atoms with E-state index in [9.17, 15) is 13.2 Å². The van der Waals surface area contributed by atoms with Crippen molar-refractivity contribution in [2.45, 2.75) is 37.6 Å². The molecule has 120 valence electrons. The number of anilines is 2. The van der Waals surface area contributed by atoms with Crippen molar-refractivity contribution in [1.29, 1.82) is 0 Å². The number of carbonyl (C=O) groups is 1. The average molecular weight is 333 g/mol. The number of sulfone groups is 1. The van der Waals surface area contributed by atoms with Crippen molar-refractivity contribution >= 4 is 37.8 Å². The number of hydrogen-bond donors (Lipinski definition) is 2. The van der Waals surface area contributed by atoms with Crippen molar-refractivity contribution in [1.82, 2.24) is 4.90 Å². The van der Waals surface area contributed by atoms with Crippen LogP contribution in [0.4, 0.5) is 10.7 Å². The molecule has 1 aromatic heterocycles. The Bertz CT molecular complexity index is 617. The van der Waals surface area contributed by atoms with Crippen LogP contribution in [-0.2, 0) is 9.84 Å². The molecule has 8 heteroatoms. The van der Waals surface area contributed by atoms with E-state index in [1.165, 1.54) is 4.90 Å². The van der Waals surface area contributed by atoms with Crippen molar-refractivity contribution in [3.8, 4) is 0 Å². The number of amides is 1. The van der Waals surface area contributed by atoms with E-state index in [2.05, 4.69) is 5.32 Å². The molecule has 1 aromatic rings. The summed E-state index contributed by atoms with van der Waals surface area (Å²) < 4.78 is 24.0. The van der Waals surface area contributed by atoms with Crippen LogP contribution in [0.5, 0.6) is 0 Å². The molecule has 0 spiro atoms. The number of rotatable bonds is 6. The van der Waals surface area contributed by atoms with Gasteiger partial charge in [0.2, 0.25) is 0 Å². The second kappa shape index (κ2) is 6.65. The third-order valence-corrected chi connectivity index (χ3v) is 5.61. The van der Waals surface area contributed by atoms with E-state index in [1.807, 2.05) is 13.8 Å². The largest absolute Gasteiger partial charge is 0.396 e. The smallest absolute Gasteiger partial charge is 0.265 e. The normalized spacial score (nSPS) is 11.7. The molecule has 0 bridgehead atoms. The summed E-state index contributed by atoms with van der Waals surface area (Å²) in [6, 6.07) is 0.144. The highest BCUT2D eigenvalue weighted by Crippen LogP contribution is 2.40. The lowest BCUT2D eigenvalue weighted by Gasteiger charge is -2.15. The Morgan fingerprint density at radius 3 is 2.24 bits per heavy atom. The minimum absolute atomic E-state index is 0.0320. The quantitative estimate of drug-likeness (QED) is 0.831. The number of nitrogens with zero attached hydrogens (tertiary/aromatic N) is 1. The van der Waals surface area contributed by atoms with Crippen molar-refractivity contribution in [2.24, 2.45) is 0 Å². The number of nitrogens with two attached hydrogens (primary N) is 1. The summed E-state index contributed by atoms with van der Waals surface area (Å²) in [5, 5.41) is 3.65. The molecule has 6 nitrogen and oxygen atoms in total. The summed E-state index contributed by atoms with van der Waals surface area (Å²) in [5.74, 6) is -0.292. The third kappa shape index (κ3) is 3.88. The molecule has 1 rings (SSSR count). The van der Waals surface area contributed by atoms with Gasteiger partial charge in [-0.1, -0.05) is 13.8 Å². The predicted octanol–water partition coefficient (Wildman–Crippen LogP) is 2.04. The SMILES string of the molecule is CCC(CC)Nc1sc(C(=O)N(C)C)c(N)c1S(C)(=O)=O. The molecule has 0 aliphatic heterocycles. The molecule has 0 radical (unpaired) electrons. The maximum Gasteiger partial charge on any atom is 0.265 e. The first kappa shape index (κ1) is 17.8. The first-order valence-electron chi connectivity index (χ1n) is 6.73. The van der Waals surface area contributed by atoms with Crippen molar-refractivity contribution in [3.63, 3.8) is 0 Å². The van der Waals surface area contributed by atoms with Gasteiger partial charge in [-0.05, 0) is 12.8 Å². The van der Waals surface area contributed by atoms with E-state index in [0.717, 1.165) is 30.4 Å². The van der Waals surface area contributed by atoms with Crippen LogP contribution in [0.1, 0.15) is 36.4 Å². The molecular weight excluding hydrogens is 310 g/mol. The van der Waals surface area contributed by atoms with Crippen LogP contribution in [0.15, 0.2) is 4.90 Å². The fourth-order valence-corrected chi connectivity index (χ4v) is 4.59. The number of nitrogen functional groups attached to an aromatic ring is 1. The lowest BCUT2D eigenvalue weighted by molar-refractivity contribution is 0.0833. The van der Waals surface area contributed by atoms with Gasteiger partial charge in [0.25, 0.3) is 5.91 Å². The number of hydrogen-bond acceptors (Lipinski definition) is 6. The Balaban J connectivity index is 3.42. The average Bonchev–Trinajstić information content (AvgIpc) is 2.71. The second-order valence-electron chi connectivity index (χ2n) is 5.13. The van der Waals surface area contributed by atoms with Gasteiger partial charge in [0.1, 0.15) is 14.8 Å². The molecule has 1 heterocycles. The highest BCUT2D eigenvalue weighted by molar-refractivity contribution is 7.91. The summed E-state index contributed by atoms with van der Waals surface area (Å²) in [7, 11) is -0.299. The first-order chi connectivity index (χ1) is 9.63. The molecule has 0 aliphatic rings. The molecule has 0 atom stereocenters. The van der Waals surface area contributed by atoms with E-state index in [0.29, 0.717) is 5.00 Å². The molecule has 0 unspecified atom stereocenters. The van der Waals surface area contributed by atoms with Gasteiger partial charge in [0.05, 0.1) is 5.69 Å². The molecule has 21 heavy (non-hydrogen) atoms. The Labute approximate surface area is 130 Å². The monoisotopic (exact) mass is 333 g/mol. The van der Waals surface area contributed by atoms with Gasteiger partial charge in [-0.2, -0.15) is 0 Å². The van der Waals surface area contributed by atoms with Gasteiger partial charge in [-0.15, -0.1) is 11.3 Å². The number of thiophene rings is 1. The van der Waals surface area contributed by atoms with Crippen LogP contribution in [0.3, 0.4) is 0 Å². The van der Waals surface area contributed by atoms with Crippen LogP contribution in [0.2, 0.25) is 0 Å². The Morgan fingerprint density at radius 2 is 1.86 bits per heavy atom. The fourth-order valence-electron chi connectivity index (χ4n) is 1.93. The van der Waals surface area contributed by atoms with Gasteiger partial charge < -0.3 is 16.0 Å². The maximum absolute atomic E-state index is 12.1. The Hall–Kier alpha value is -1.28. The Morgan fingerprint density at radius 1 is 1.33 bits per heavy atom. The summed E-state index contributed by atoms with van der Waals surface area (Å²) in [5.41, 5.74) is 5.97. The van der Waals surface area contributed by atoms with Crippen LogP contribution in [-0.4, -0.2) is 45.6 Å². The van der Waals surface area contributed by atoms with E-state index in [-0.39, 0.29) is 27.4 Å². The van der Waals surface area contributed by atoms with E-state index in [4.69, 9.17) is 5.73 Å². The second-order valence-corrected chi connectivity index (χ2v) is 8.11. The Kier molecular flexibility index (Phi) is 5.63. The maximum atomic E-state index is 12.1. The van der Waals surface area contributed by atoms with Crippen molar-refractivity contribution < 1.29 is 13.2 Å². The highest BCUT2D eigenvalue weighted by Gasteiger charge is 2.28. The summed E-state index contributed by atoms with van der Waals surface area (Å²) >= 11 is 1.10. The molecule has 0 aliphatic carbocycles. The van der Waals surface area contributed by atoms with Crippen molar-refractivity contribution in [3.05, 3.63) is 4.88 Å². The zero-order chi connectivity index (χ0) is 16.4. The zero-order valence-corrected chi connectivity index (χ0v) is 14.7. The van der Waals surface area contributed by atoms with Gasteiger partial charge in [0.15, 0.2) is 9.84 Å². The molecule has 0 saturated carbocycles. The van der Waals surface area contributed by atoms with Gasteiger partial charge in [-0.3, -0.25) is 4.79 Å². The van der Waals surface area contributed by atoms with Crippen LogP contribution >= 0.6 is 11.3 Å². The highest BCUT2D eigenvalue weighted by atomic mass is 32.2. The van der Waals surface area contributed by atoms with E-state index < -0.39 is 9.84 Å². The van der Waals surface area contributed by atoms with E-state index in [1.54, 1.807) is 14.1 Å². The molecular formula is C13H23N3O3S2. The summed E-state index contributed by atoms with van der Waals surface area (Å²) in [4.78, 5) is 13.8. The van der Waals surface area contributed by atoms with Gasteiger partial charge in [0, 0.05) is 26.4 Å². The fraction of sp³-hybridized carbons (Fsp3) is 0.615. The predicted molar refractivity (Wildman–Crippen MR) is 87.9 cm³/mol. The van der Waals surface area contributed by atoms with Crippen LogP contribution in [0.25, 0.3) is 0 Å². The molecule has 3 N–H and O–H groups in total. The number of nitrogens with one attached hydrogen (secondary N) is 1. The standard InChI is InChI=1S/C13H23N3O3S2/c1-6-8(7-2)15-12-11(21(5,18)19)9(14)10(20-12)13(17)16(3)4/h8,15H,6-7,14H2,1-5H3. The topological polar surface area (TPSA) is 92.5 Å². The summed E-state index contributed by atoms with van der Waals surface area (Å²) in [6.45, 7) is 4.04. The molecule has 0 saturated heterocycles. The minimum Gasteiger partial charge on any atom is -0.396 e. The lowest BCUT2D eigenvalue weighted by atomic mass is 10.2. The molecule has 0 aromatic carbocycles. The third-order valence-electron chi connectivity index (χ3n) is 3.19. The van der Waals surface area contributed by atoms with Gasteiger partial charge >= 0.3 is 0 Å². The lowest BCUT2D eigenvalue weighted by Crippen LogP contribution is -2.21. The summed E-state index contributed by atoms with van der Waals surface area (Å²) in [6.07, 6.45) is 2.82.